The van der Waals surface area contributed by atoms with Crippen molar-refractivity contribution in [1.29, 1.82) is 0 Å². The molecule has 29 heavy (non-hydrogen) atoms. The van der Waals surface area contributed by atoms with E-state index in [9.17, 15) is 9.59 Å². The van der Waals surface area contributed by atoms with Crippen LogP contribution < -0.4 is 5.32 Å². The molecule has 3 rings (SSSR count). The molecule has 0 bridgehead atoms. The molecule has 1 N–H and O–H groups in total. The number of aromatic nitrogens is 2. The van der Waals surface area contributed by atoms with E-state index in [2.05, 4.69) is 21.4 Å². The van der Waals surface area contributed by atoms with Gasteiger partial charge in [-0.05, 0) is 44.2 Å². The Morgan fingerprint density at radius 3 is 2.62 bits per heavy atom. The molecule has 2 aromatic rings. The highest BCUT2D eigenvalue weighted by Gasteiger charge is 2.43. The average molecular weight is 395 g/mol. The summed E-state index contributed by atoms with van der Waals surface area (Å²) in [4.78, 5) is 35.9. The molecule has 6 heteroatoms. The lowest BCUT2D eigenvalue weighted by Gasteiger charge is -2.42. The van der Waals surface area contributed by atoms with Crippen molar-refractivity contribution in [3.63, 3.8) is 0 Å². The van der Waals surface area contributed by atoms with E-state index in [1.165, 1.54) is 6.33 Å². The second kappa shape index (κ2) is 9.16. The molecule has 6 nitrogen and oxygen atoms in total. The van der Waals surface area contributed by atoms with Crippen LogP contribution in [0.25, 0.3) is 11.1 Å². The van der Waals surface area contributed by atoms with E-state index in [1.807, 2.05) is 43.9 Å². The van der Waals surface area contributed by atoms with Gasteiger partial charge < -0.3 is 10.2 Å². The summed E-state index contributed by atoms with van der Waals surface area (Å²) in [5, 5.41) is 3.11. The van der Waals surface area contributed by atoms with E-state index in [0.717, 1.165) is 36.1 Å². The highest BCUT2D eigenvalue weighted by Crippen LogP contribution is 2.37. The molecule has 2 amide bonds. The van der Waals surface area contributed by atoms with Crippen molar-refractivity contribution in [3.8, 4) is 11.1 Å². The minimum absolute atomic E-state index is 0.0280. The zero-order valence-corrected chi connectivity index (χ0v) is 17.5. The summed E-state index contributed by atoms with van der Waals surface area (Å²) >= 11 is 0. The molecule has 1 fully saturated rings. The van der Waals surface area contributed by atoms with E-state index in [-0.39, 0.29) is 17.9 Å². The maximum Gasteiger partial charge on any atom is 0.228 e. The predicted octanol–water partition coefficient (Wildman–Crippen LogP) is 3.23. The molecule has 1 aliphatic rings. The molecule has 0 spiro atoms. The molecule has 1 aliphatic heterocycles. The smallest absolute Gasteiger partial charge is 0.228 e. The van der Waals surface area contributed by atoms with E-state index in [4.69, 9.17) is 0 Å². The second-order valence-corrected chi connectivity index (χ2v) is 8.14. The first-order valence-electron chi connectivity index (χ1n) is 10.4. The minimum Gasteiger partial charge on any atom is -0.353 e. The molecule has 1 atom stereocenters. The summed E-state index contributed by atoms with van der Waals surface area (Å²) in [6, 6.07) is 8.14. The van der Waals surface area contributed by atoms with Crippen molar-refractivity contribution < 1.29 is 9.59 Å². The summed E-state index contributed by atoms with van der Waals surface area (Å²) < 4.78 is 0. The van der Waals surface area contributed by atoms with Gasteiger partial charge in [0.25, 0.3) is 0 Å². The Labute approximate surface area is 172 Å². The summed E-state index contributed by atoms with van der Waals surface area (Å²) in [5.74, 6) is 0.136. The van der Waals surface area contributed by atoms with Crippen LogP contribution in [0, 0.1) is 5.41 Å². The minimum atomic E-state index is -0.640. The normalized spacial score (nSPS) is 19.2. The lowest BCUT2D eigenvalue weighted by Crippen LogP contribution is -2.55. The standard InChI is InChI=1S/C23H30N4O2/c1-4-21(28)27-11-7-10-23(15-27,22(29)26-17(2)3)12-18-8-5-6-9-20(18)19-13-24-16-25-14-19/h5-6,8-9,13-14,16-17H,4,7,10-12,15H2,1-3H3,(H,26,29). The number of amides is 2. The van der Waals surface area contributed by atoms with Crippen molar-refractivity contribution in [2.75, 3.05) is 13.1 Å². The zero-order chi connectivity index (χ0) is 20.9. The van der Waals surface area contributed by atoms with E-state index in [0.29, 0.717) is 19.4 Å². The number of hydrogen-bond acceptors (Lipinski definition) is 4. The van der Waals surface area contributed by atoms with Crippen molar-refractivity contribution >= 4 is 11.8 Å². The van der Waals surface area contributed by atoms with Gasteiger partial charge in [0.05, 0.1) is 5.41 Å². The third-order valence-electron chi connectivity index (χ3n) is 5.55. The Hall–Kier alpha value is -2.76. The second-order valence-electron chi connectivity index (χ2n) is 8.14. The van der Waals surface area contributed by atoms with Crippen LogP contribution in [0.3, 0.4) is 0 Å². The fourth-order valence-electron chi connectivity index (χ4n) is 4.15. The predicted molar refractivity (Wildman–Crippen MR) is 113 cm³/mol. The molecular weight excluding hydrogens is 364 g/mol. The Kier molecular flexibility index (Phi) is 6.62. The molecule has 0 aliphatic carbocycles. The number of piperidine rings is 1. The van der Waals surface area contributed by atoms with Gasteiger partial charge in [0.15, 0.2) is 0 Å². The fourth-order valence-corrected chi connectivity index (χ4v) is 4.15. The first-order valence-corrected chi connectivity index (χ1v) is 10.4. The van der Waals surface area contributed by atoms with Gasteiger partial charge in [-0.2, -0.15) is 0 Å². The number of likely N-dealkylation sites (tertiary alicyclic amines) is 1. The van der Waals surface area contributed by atoms with Crippen molar-refractivity contribution in [3.05, 3.63) is 48.5 Å². The quantitative estimate of drug-likeness (QED) is 0.816. The van der Waals surface area contributed by atoms with Crippen LogP contribution >= 0.6 is 0 Å². The number of carbonyl (C=O) groups excluding carboxylic acids is 2. The first kappa shape index (κ1) is 21.0. The molecule has 1 saturated heterocycles. The monoisotopic (exact) mass is 394 g/mol. The number of benzene rings is 1. The van der Waals surface area contributed by atoms with Gasteiger partial charge in [-0.25, -0.2) is 9.97 Å². The van der Waals surface area contributed by atoms with Crippen molar-refractivity contribution in [2.45, 2.75) is 52.5 Å². The summed E-state index contributed by atoms with van der Waals surface area (Å²) in [6.07, 6.45) is 7.72. The van der Waals surface area contributed by atoms with E-state index in [1.54, 1.807) is 12.4 Å². The molecular formula is C23H30N4O2. The van der Waals surface area contributed by atoms with Gasteiger partial charge in [-0.1, -0.05) is 31.2 Å². The highest BCUT2D eigenvalue weighted by atomic mass is 16.2. The maximum atomic E-state index is 13.4. The lowest BCUT2D eigenvalue weighted by atomic mass is 9.73. The molecule has 1 aromatic carbocycles. The van der Waals surface area contributed by atoms with Gasteiger partial charge >= 0.3 is 0 Å². The van der Waals surface area contributed by atoms with Gasteiger partial charge in [0, 0.05) is 43.5 Å². The summed E-state index contributed by atoms with van der Waals surface area (Å²) in [6.45, 7) is 6.99. The summed E-state index contributed by atoms with van der Waals surface area (Å²) in [7, 11) is 0. The largest absolute Gasteiger partial charge is 0.353 e. The third-order valence-corrected chi connectivity index (χ3v) is 5.55. The number of hydrogen-bond donors (Lipinski definition) is 1. The van der Waals surface area contributed by atoms with Gasteiger partial charge in [-0.3, -0.25) is 9.59 Å². The molecule has 2 heterocycles. The SMILES string of the molecule is CCC(=O)N1CCCC(Cc2ccccc2-c2cncnc2)(C(=O)NC(C)C)C1. The van der Waals surface area contributed by atoms with Gasteiger partial charge in [-0.15, -0.1) is 0 Å². The van der Waals surface area contributed by atoms with Gasteiger partial charge in [0.1, 0.15) is 6.33 Å². The van der Waals surface area contributed by atoms with Crippen LogP contribution in [-0.2, 0) is 16.0 Å². The first-order chi connectivity index (χ1) is 13.9. The molecule has 0 radical (unpaired) electrons. The average Bonchev–Trinajstić information content (AvgIpc) is 2.74. The maximum absolute atomic E-state index is 13.4. The molecule has 154 valence electrons. The molecule has 0 saturated carbocycles. The number of nitrogens with zero attached hydrogens (tertiary/aromatic N) is 3. The molecule has 1 unspecified atom stereocenters. The molecule has 1 aromatic heterocycles. The van der Waals surface area contributed by atoms with Gasteiger partial charge in [0.2, 0.25) is 11.8 Å². The van der Waals surface area contributed by atoms with Crippen LogP contribution in [0.2, 0.25) is 0 Å². The number of carbonyl (C=O) groups is 2. The topological polar surface area (TPSA) is 75.2 Å². The van der Waals surface area contributed by atoms with Crippen molar-refractivity contribution in [2.24, 2.45) is 5.41 Å². The number of rotatable bonds is 6. The Morgan fingerprint density at radius 1 is 1.21 bits per heavy atom. The van der Waals surface area contributed by atoms with E-state index < -0.39 is 5.41 Å². The third kappa shape index (κ3) is 4.81. The Bertz CT molecular complexity index is 853. The fraction of sp³-hybridized carbons (Fsp3) is 0.478. The van der Waals surface area contributed by atoms with Crippen molar-refractivity contribution in [1.82, 2.24) is 20.2 Å². The van der Waals surface area contributed by atoms with Crippen LogP contribution in [0.5, 0.6) is 0 Å². The van der Waals surface area contributed by atoms with Crippen LogP contribution in [-0.4, -0.2) is 45.8 Å². The Balaban J connectivity index is 1.98. The van der Waals surface area contributed by atoms with Crippen LogP contribution in [0.1, 0.15) is 45.6 Å². The number of nitrogens with one attached hydrogen (secondary N) is 1. The Morgan fingerprint density at radius 2 is 1.93 bits per heavy atom. The lowest BCUT2D eigenvalue weighted by molar-refractivity contribution is -0.141. The van der Waals surface area contributed by atoms with Crippen LogP contribution in [0.15, 0.2) is 43.0 Å². The summed E-state index contributed by atoms with van der Waals surface area (Å²) in [5.41, 5.74) is 2.40. The zero-order valence-electron chi connectivity index (χ0n) is 17.5. The van der Waals surface area contributed by atoms with E-state index >= 15 is 0 Å². The van der Waals surface area contributed by atoms with Crippen LogP contribution in [0.4, 0.5) is 0 Å². The highest BCUT2D eigenvalue weighted by molar-refractivity contribution is 5.85.